The Balaban J connectivity index is 1.88. The van der Waals surface area contributed by atoms with Gasteiger partial charge in [0.2, 0.25) is 0 Å². The number of nitrogens with one attached hydrogen (secondary N) is 2. The Kier molecular flexibility index (Phi) is 6.64. The van der Waals surface area contributed by atoms with Gasteiger partial charge in [0, 0.05) is 11.6 Å². The summed E-state index contributed by atoms with van der Waals surface area (Å²) in [7, 11) is 0. The Morgan fingerprint density at radius 2 is 1.50 bits per heavy atom. The molecule has 1 aliphatic carbocycles. The van der Waals surface area contributed by atoms with Crippen molar-refractivity contribution < 1.29 is 9.59 Å². The maximum Gasteiger partial charge on any atom is 0.268 e. The van der Waals surface area contributed by atoms with E-state index in [4.69, 9.17) is 0 Å². The number of rotatable bonds is 5. The standard InChI is InChI=1S/C24H28N2O2/c1-17-13-15-19(16-14-17)18(2)22(24(28)25-21-11-7-4-8-12-21)26-23(27)20-9-5-3-6-10-20/h3,5-6,9-10,13-16,21H,4,7-8,11-12H2,1-2H3,(H,25,28)(H,26,27)/b22-18+. The second-order valence-corrected chi connectivity index (χ2v) is 7.49. The highest BCUT2D eigenvalue weighted by Crippen LogP contribution is 2.21. The van der Waals surface area contributed by atoms with E-state index < -0.39 is 0 Å². The minimum atomic E-state index is -0.277. The molecule has 1 aliphatic rings. The van der Waals surface area contributed by atoms with Crippen LogP contribution >= 0.6 is 0 Å². The van der Waals surface area contributed by atoms with Crippen LogP contribution in [-0.2, 0) is 4.79 Å². The van der Waals surface area contributed by atoms with Crippen molar-refractivity contribution in [2.24, 2.45) is 0 Å². The lowest BCUT2D eigenvalue weighted by molar-refractivity contribution is -0.118. The molecule has 0 saturated heterocycles. The van der Waals surface area contributed by atoms with Crippen molar-refractivity contribution in [2.75, 3.05) is 0 Å². The number of allylic oxidation sites excluding steroid dienone is 1. The van der Waals surface area contributed by atoms with Crippen LogP contribution in [0.3, 0.4) is 0 Å². The highest BCUT2D eigenvalue weighted by atomic mass is 16.2. The van der Waals surface area contributed by atoms with Gasteiger partial charge < -0.3 is 10.6 Å². The average Bonchev–Trinajstić information content (AvgIpc) is 2.73. The van der Waals surface area contributed by atoms with Gasteiger partial charge in [-0.05, 0) is 50.0 Å². The molecule has 0 unspecified atom stereocenters. The van der Waals surface area contributed by atoms with Crippen LogP contribution < -0.4 is 10.6 Å². The first-order valence-corrected chi connectivity index (χ1v) is 10.00. The molecule has 2 aromatic carbocycles. The van der Waals surface area contributed by atoms with E-state index in [1.54, 1.807) is 12.1 Å². The van der Waals surface area contributed by atoms with E-state index in [0.29, 0.717) is 11.3 Å². The number of aryl methyl sites for hydroxylation is 1. The summed E-state index contributed by atoms with van der Waals surface area (Å²) < 4.78 is 0. The van der Waals surface area contributed by atoms with Crippen LogP contribution in [-0.4, -0.2) is 17.9 Å². The largest absolute Gasteiger partial charge is 0.348 e. The van der Waals surface area contributed by atoms with Gasteiger partial charge in [-0.3, -0.25) is 9.59 Å². The number of hydrogen-bond acceptors (Lipinski definition) is 2. The molecule has 2 amide bonds. The van der Waals surface area contributed by atoms with Gasteiger partial charge in [-0.2, -0.15) is 0 Å². The number of carbonyl (C=O) groups excluding carboxylic acids is 2. The van der Waals surface area contributed by atoms with E-state index in [2.05, 4.69) is 10.6 Å². The Bertz CT molecular complexity index is 848. The van der Waals surface area contributed by atoms with E-state index in [1.165, 1.54) is 6.42 Å². The first-order valence-electron chi connectivity index (χ1n) is 10.00. The highest BCUT2D eigenvalue weighted by Gasteiger charge is 2.22. The summed E-state index contributed by atoms with van der Waals surface area (Å²) in [4.78, 5) is 25.8. The van der Waals surface area contributed by atoms with E-state index in [1.807, 2.05) is 56.3 Å². The zero-order valence-corrected chi connectivity index (χ0v) is 16.6. The molecule has 0 atom stereocenters. The van der Waals surface area contributed by atoms with Crippen molar-refractivity contribution in [1.82, 2.24) is 10.6 Å². The molecule has 0 aromatic heterocycles. The highest BCUT2D eigenvalue weighted by molar-refractivity contribution is 6.07. The Morgan fingerprint density at radius 3 is 2.14 bits per heavy atom. The lowest BCUT2D eigenvalue weighted by Gasteiger charge is -2.24. The van der Waals surface area contributed by atoms with E-state index in [9.17, 15) is 9.59 Å². The van der Waals surface area contributed by atoms with Crippen LogP contribution in [0.1, 0.15) is 60.5 Å². The van der Waals surface area contributed by atoms with Crippen LogP contribution in [0.4, 0.5) is 0 Å². The maximum atomic E-state index is 13.1. The molecular weight excluding hydrogens is 348 g/mol. The zero-order valence-electron chi connectivity index (χ0n) is 16.6. The van der Waals surface area contributed by atoms with Crippen molar-refractivity contribution >= 4 is 17.4 Å². The Labute approximate surface area is 167 Å². The molecular formula is C24H28N2O2. The van der Waals surface area contributed by atoms with Crippen molar-refractivity contribution in [2.45, 2.75) is 52.0 Å². The third-order valence-corrected chi connectivity index (χ3v) is 5.30. The SMILES string of the molecule is C/C(=C(\NC(=O)c1ccccc1)C(=O)NC1CCCCC1)c1ccc(C)cc1. The van der Waals surface area contributed by atoms with Crippen LogP contribution in [0, 0.1) is 6.92 Å². The quantitative estimate of drug-likeness (QED) is 0.749. The van der Waals surface area contributed by atoms with Gasteiger partial charge in [0.05, 0.1) is 0 Å². The van der Waals surface area contributed by atoms with Gasteiger partial charge in [-0.1, -0.05) is 67.3 Å². The van der Waals surface area contributed by atoms with Gasteiger partial charge in [-0.15, -0.1) is 0 Å². The summed E-state index contributed by atoms with van der Waals surface area (Å²) in [6.07, 6.45) is 5.49. The van der Waals surface area contributed by atoms with Crippen molar-refractivity contribution in [1.29, 1.82) is 0 Å². The summed E-state index contributed by atoms with van der Waals surface area (Å²) in [5.41, 5.74) is 3.69. The molecule has 1 fully saturated rings. The number of benzene rings is 2. The fourth-order valence-electron chi connectivity index (χ4n) is 3.55. The smallest absolute Gasteiger partial charge is 0.268 e. The predicted octanol–water partition coefficient (Wildman–Crippen LogP) is 4.60. The molecule has 0 spiro atoms. The van der Waals surface area contributed by atoms with Crippen LogP contribution in [0.15, 0.2) is 60.3 Å². The zero-order chi connectivity index (χ0) is 19.9. The number of amides is 2. The van der Waals surface area contributed by atoms with Crippen LogP contribution in [0.25, 0.3) is 5.57 Å². The van der Waals surface area contributed by atoms with Gasteiger partial charge in [0.15, 0.2) is 0 Å². The topological polar surface area (TPSA) is 58.2 Å². The molecule has 0 radical (unpaired) electrons. The molecule has 4 nitrogen and oxygen atoms in total. The summed E-state index contributed by atoms with van der Waals surface area (Å²) in [5.74, 6) is -0.491. The normalized spacial score (nSPS) is 15.5. The summed E-state index contributed by atoms with van der Waals surface area (Å²) >= 11 is 0. The molecule has 28 heavy (non-hydrogen) atoms. The van der Waals surface area contributed by atoms with Crippen LogP contribution in [0.5, 0.6) is 0 Å². The van der Waals surface area contributed by atoms with Gasteiger partial charge in [-0.25, -0.2) is 0 Å². The lowest BCUT2D eigenvalue weighted by Crippen LogP contribution is -2.41. The summed E-state index contributed by atoms with van der Waals surface area (Å²) in [5, 5.41) is 5.99. The van der Waals surface area contributed by atoms with Gasteiger partial charge in [0.25, 0.3) is 11.8 Å². The van der Waals surface area contributed by atoms with E-state index in [-0.39, 0.29) is 17.9 Å². The second-order valence-electron chi connectivity index (χ2n) is 7.49. The molecule has 0 heterocycles. The molecule has 146 valence electrons. The third-order valence-electron chi connectivity index (χ3n) is 5.30. The fraction of sp³-hybridized carbons (Fsp3) is 0.333. The third kappa shape index (κ3) is 5.10. The van der Waals surface area contributed by atoms with Crippen molar-refractivity contribution in [3.63, 3.8) is 0 Å². The second kappa shape index (κ2) is 9.36. The van der Waals surface area contributed by atoms with E-state index >= 15 is 0 Å². The molecule has 0 bridgehead atoms. The van der Waals surface area contributed by atoms with Gasteiger partial charge in [0.1, 0.15) is 5.70 Å². The Hall–Kier alpha value is -2.88. The monoisotopic (exact) mass is 376 g/mol. The fourth-order valence-corrected chi connectivity index (χ4v) is 3.55. The van der Waals surface area contributed by atoms with Crippen LogP contribution in [0.2, 0.25) is 0 Å². The molecule has 2 aromatic rings. The minimum Gasteiger partial charge on any atom is -0.348 e. The first kappa shape index (κ1) is 19.9. The Morgan fingerprint density at radius 1 is 0.857 bits per heavy atom. The molecule has 1 saturated carbocycles. The van der Waals surface area contributed by atoms with Crippen molar-refractivity contribution in [3.05, 3.63) is 77.0 Å². The minimum absolute atomic E-state index is 0.177. The molecule has 0 aliphatic heterocycles. The number of carbonyl (C=O) groups is 2. The molecule has 3 rings (SSSR count). The summed E-state index contributed by atoms with van der Waals surface area (Å²) in [6, 6.07) is 17.1. The number of hydrogen-bond donors (Lipinski definition) is 2. The molecule has 4 heteroatoms. The van der Waals surface area contributed by atoms with Gasteiger partial charge >= 0.3 is 0 Å². The van der Waals surface area contributed by atoms with E-state index in [0.717, 1.165) is 42.4 Å². The summed E-state index contributed by atoms with van der Waals surface area (Å²) in [6.45, 7) is 3.91. The maximum absolute atomic E-state index is 13.1. The lowest BCUT2D eigenvalue weighted by atomic mass is 9.95. The average molecular weight is 377 g/mol. The van der Waals surface area contributed by atoms with Crippen molar-refractivity contribution in [3.8, 4) is 0 Å². The molecule has 2 N–H and O–H groups in total. The first-order chi connectivity index (χ1) is 13.5. The predicted molar refractivity (Wildman–Crippen MR) is 113 cm³/mol.